The summed E-state index contributed by atoms with van der Waals surface area (Å²) in [5, 5.41) is 3.54. The average Bonchev–Trinajstić information content (AvgIpc) is 3.34. The van der Waals surface area contributed by atoms with Crippen LogP contribution in [0.5, 0.6) is 0 Å². The highest BCUT2D eigenvalue weighted by molar-refractivity contribution is 7.91. The number of carbonyl (C=O) groups is 1. The number of amides is 1. The monoisotopic (exact) mass is 411 g/mol. The molecule has 1 amide bonds. The van der Waals surface area contributed by atoms with Crippen LogP contribution in [-0.4, -0.2) is 32.4 Å². The Labute approximate surface area is 168 Å². The van der Waals surface area contributed by atoms with E-state index in [-0.39, 0.29) is 23.0 Å². The van der Waals surface area contributed by atoms with Crippen LogP contribution in [0.25, 0.3) is 0 Å². The molecule has 27 heavy (non-hydrogen) atoms. The average molecular weight is 412 g/mol. The third kappa shape index (κ3) is 5.47. The Balaban J connectivity index is 1.59. The van der Waals surface area contributed by atoms with E-state index in [0.717, 1.165) is 30.7 Å². The Morgan fingerprint density at radius 3 is 2.56 bits per heavy atom. The lowest BCUT2D eigenvalue weighted by Crippen LogP contribution is -2.48. The molecule has 0 heterocycles. The molecule has 4 nitrogen and oxygen atoms in total. The van der Waals surface area contributed by atoms with Gasteiger partial charge in [0.2, 0.25) is 0 Å². The summed E-state index contributed by atoms with van der Waals surface area (Å²) in [6, 6.07) is 5.45. The van der Waals surface area contributed by atoms with E-state index in [2.05, 4.69) is 5.32 Å². The SMILES string of the molecule is CCCS(=O)(=O)C[C@H]1C[C@](CNC(=O)c2ccc(C)cc2Cl)(CC2CC2)C1. The van der Waals surface area contributed by atoms with Gasteiger partial charge in [-0.3, -0.25) is 4.79 Å². The first-order valence-electron chi connectivity index (χ1n) is 9.97. The summed E-state index contributed by atoms with van der Waals surface area (Å²) in [6.07, 6.45) is 6.09. The molecular weight excluding hydrogens is 382 g/mol. The van der Waals surface area contributed by atoms with Gasteiger partial charge in [0, 0.05) is 12.3 Å². The van der Waals surface area contributed by atoms with Gasteiger partial charge in [-0.05, 0) is 67.6 Å². The van der Waals surface area contributed by atoms with Crippen molar-refractivity contribution in [1.29, 1.82) is 0 Å². The van der Waals surface area contributed by atoms with E-state index in [0.29, 0.717) is 29.3 Å². The van der Waals surface area contributed by atoms with E-state index in [9.17, 15) is 13.2 Å². The molecule has 0 aliphatic heterocycles. The maximum absolute atomic E-state index is 12.6. The summed E-state index contributed by atoms with van der Waals surface area (Å²) >= 11 is 6.21. The number of halogens is 1. The van der Waals surface area contributed by atoms with Crippen molar-refractivity contribution in [2.24, 2.45) is 17.3 Å². The lowest BCUT2D eigenvalue weighted by Gasteiger charge is -2.48. The maximum atomic E-state index is 12.6. The van der Waals surface area contributed by atoms with Gasteiger partial charge in [-0.25, -0.2) is 8.42 Å². The van der Waals surface area contributed by atoms with Crippen LogP contribution in [0.2, 0.25) is 5.02 Å². The van der Waals surface area contributed by atoms with Crippen LogP contribution in [-0.2, 0) is 9.84 Å². The number of hydrogen-bond acceptors (Lipinski definition) is 3. The number of rotatable bonds is 9. The van der Waals surface area contributed by atoms with Crippen molar-refractivity contribution in [3.8, 4) is 0 Å². The topological polar surface area (TPSA) is 63.2 Å². The lowest BCUT2D eigenvalue weighted by molar-refractivity contribution is 0.0475. The lowest BCUT2D eigenvalue weighted by atomic mass is 9.60. The molecule has 1 N–H and O–H groups in total. The largest absolute Gasteiger partial charge is 0.351 e. The number of hydrogen-bond donors (Lipinski definition) is 1. The molecule has 2 saturated carbocycles. The van der Waals surface area contributed by atoms with Gasteiger partial charge in [0.1, 0.15) is 0 Å². The number of aryl methyl sites for hydroxylation is 1. The van der Waals surface area contributed by atoms with Gasteiger partial charge >= 0.3 is 0 Å². The van der Waals surface area contributed by atoms with Crippen LogP contribution >= 0.6 is 11.6 Å². The molecule has 0 spiro atoms. The molecule has 1 aromatic rings. The van der Waals surface area contributed by atoms with E-state index < -0.39 is 9.84 Å². The summed E-state index contributed by atoms with van der Waals surface area (Å²) < 4.78 is 24.2. The quantitative estimate of drug-likeness (QED) is 0.655. The molecule has 0 radical (unpaired) electrons. The molecule has 0 bridgehead atoms. The van der Waals surface area contributed by atoms with E-state index in [1.165, 1.54) is 12.8 Å². The molecule has 0 atom stereocenters. The minimum atomic E-state index is -2.94. The first-order chi connectivity index (χ1) is 12.7. The Bertz CT molecular complexity index is 796. The molecule has 1 aromatic carbocycles. The fraction of sp³-hybridized carbons (Fsp3) is 0.667. The van der Waals surface area contributed by atoms with Crippen LogP contribution < -0.4 is 5.32 Å². The van der Waals surface area contributed by atoms with Crippen molar-refractivity contribution in [3.05, 3.63) is 34.3 Å². The molecule has 6 heteroatoms. The standard InChI is InChI=1S/C21H30ClNO3S/c1-3-8-27(25,26)13-17-11-21(12-17,10-16-5-6-16)14-23-20(24)18-7-4-15(2)9-19(18)22/h4,7,9,16-17H,3,5-6,8,10-14H2,1-2H3,(H,23,24)/t17-,21+. The summed E-state index contributed by atoms with van der Waals surface area (Å²) in [5.74, 6) is 1.42. The van der Waals surface area contributed by atoms with E-state index >= 15 is 0 Å². The molecule has 0 saturated heterocycles. The van der Waals surface area contributed by atoms with Crippen molar-refractivity contribution >= 4 is 27.3 Å². The molecule has 2 fully saturated rings. The highest BCUT2D eigenvalue weighted by atomic mass is 35.5. The number of sulfone groups is 1. The number of benzene rings is 1. The fourth-order valence-electron chi connectivity index (χ4n) is 4.52. The van der Waals surface area contributed by atoms with E-state index in [1.807, 2.05) is 19.9 Å². The third-order valence-electron chi connectivity index (χ3n) is 5.86. The van der Waals surface area contributed by atoms with E-state index in [4.69, 9.17) is 11.6 Å². The van der Waals surface area contributed by atoms with Crippen molar-refractivity contribution in [2.75, 3.05) is 18.1 Å². The first kappa shape index (κ1) is 20.7. The Morgan fingerprint density at radius 1 is 1.26 bits per heavy atom. The van der Waals surface area contributed by atoms with Gasteiger partial charge in [-0.2, -0.15) is 0 Å². The third-order valence-corrected chi connectivity index (χ3v) is 8.18. The highest BCUT2D eigenvalue weighted by Gasteiger charge is 2.48. The summed E-state index contributed by atoms with van der Waals surface area (Å²) in [5.41, 5.74) is 1.59. The van der Waals surface area contributed by atoms with Gasteiger partial charge in [0.15, 0.2) is 9.84 Å². The van der Waals surface area contributed by atoms with Gasteiger partial charge in [0.05, 0.1) is 16.3 Å². The molecule has 2 aliphatic rings. The predicted octanol–water partition coefficient (Wildman–Crippen LogP) is 4.40. The number of carbonyl (C=O) groups excluding carboxylic acids is 1. The molecule has 3 rings (SSSR count). The highest BCUT2D eigenvalue weighted by Crippen LogP contribution is 2.53. The second kappa shape index (κ2) is 8.12. The summed E-state index contributed by atoms with van der Waals surface area (Å²) in [4.78, 5) is 12.6. The Kier molecular flexibility index (Phi) is 6.21. The smallest absolute Gasteiger partial charge is 0.252 e. The van der Waals surface area contributed by atoms with E-state index in [1.54, 1.807) is 12.1 Å². The van der Waals surface area contributed by atoms with Crippen LogP contribution in [0, 0.1) is 24.2 Å². The van der Waals surface area contributed by atoms with Gasteiger partial charge in [-0.1, -0.05) is 37.4 Å². The van der Waals surface area contributed by atoms with Crippen molar-refractivity contribution in [1.82, 2.24) is 5.32 Å². The Hall–Kier alpha value is -1.07. The normalized spacial score (nSPS) is 25.1. The summed E-state index contributed by atoms with van der Waals surface area (Å²) in [6.45, 7) is 4.46. The summed E-state index contributed by atoms with van der Waals surface area (Å²) in [7, 11) is -2.94. The maximum Gasteiger partial charge on any atom is 0.252 e. The van der Waals surface area contributed by atoms with Crippen LogP contribution in [0.15, 0.2) is 18.2 Å². The number of nitrogens with one attached hydrogen (secondary N) is 1. The Morgan fingerprint density at radius 2 is 1.96 bits per heavy atom. The molecular formula is C21H30ClNO3S. The van der Waals surface area contributed by atoms with Crippen molar-refractivity contribution in [3.63, 3.8) is 0 Å². The zero-order valence-electron chi connectivity index (χ0n) is 16.3. The second-order valence-corrected chi connectivity index (χ2v) is 11.3. The van der Waals surface area contributed by atoms with Crippen molar-refractivity contribution in [2.45, 2.75) is 52.4 Å². The van der Waals surface area contributed by atoms with Crippen LogP contribution in [0.3, 0.4) is 0 Å². The molecule has 150 valence electrons. The van der Waals surface area contributed by atoms with Gasteiger partial charge < -0.3 is 5.32 Å². The molecule has 0 unspecified atom stereocenters. The predicted molar refractivity (Wildman–Crippen MR) is 110 cm³/mol. The minimum Gasteiger partial charge on any atom is -0.351 e. The molecule has 2 aliphatic carbocycles. The fourth-order valence-corrected chi connectivity index (χ4v) is 6.58. The van der Waals surface area contributed by atoms with Crippen LogP contribution in [0.4, 0.5) is 0 Å². The van der Waals surface area contributed by atoms with Gasteiger partial charge in [0.25, 0.3) is 5.91 Å². The van der Waals surface area contributed by atoms with Gasteiger partial charge in [-0.15, -0.1) is 0 Å². The second-order valence-electron chi connectivity index (χ2n) is 8.70. The minimum absolute atomic E-state index is 0.0560. The zero-order chi connectivity index (χ0) is 19.7. The van der Waals surface area contributed by atoms with Crippen molar-refractivity contribution < 1.29 is 13.2 Å². The van der Waals surface area contributed by atoms with Crippen LogP contribution in [0.1, 0.15) is 61.4 Å². The zero-order valence-corrected chi connectivity index (χ0v) is 17.8. The first-order valence-corrected chi connectivity index (χ1v) is 12.2. The molecule has 0 aromatic heterocycles.